The molecular formula is C27H23Cl2FN2O3. The Morgan fingerprint density at radius 2 is 1.77 bits per heavy atom. The summed E-state index contributed by atoms with van der Waals surface area (Å²) in [6.07, 6.45) is 1.60. The van der Waals surface area contributed by atoms with E-state index in [2.05, 4.69) is 9.80 Å². The van der Waals surface area contributed by atoms with Gasteiger partial charge in [-0.15, -0.1) is 0 Å². The summed E-state index contributed by atoms with van der Waals surface area (Å²) in [6, 6.07) is 13.1. The van der Waals surface area contributed by atoms with E-state index in [-0.39, 0.29) is 23.1 Å². The Balaban J connectivity index is 1.37. The predicted octanol–water partition coefficient (Wildman–Crippen LogP) is 6.08. The number of hydrogen-bond donors (Lipinski definition) is 1. The van der Waals surface area contributed by atoms with Crippen LogP contribution in [0, 0.1) is 12.7 Å². The van der Waals surface area contributed by atoms with Crippen LogP contribution in [-0.2, 0) is 6.54 Å². The van der Waals surface area contributed by atoms with Crippen molar-refractivity contribution < 1.29 is 19.0 Å². The highest BCUT2D eigenvalue weighted by molar-refractivity contribution is 6.35. The van der Waals surface area contributed by atoms with Gasteiger partial charge in [-0.25, -0.2) is 4.39 Å². The third-order valence-electron chi connectivity index (χ3n) is 6.42. The van der Waals surface area contributed by atoms with Crippen LogP contribution < -0.4 is 9.64 Å². The SMILES string of the molecule is Cc1cc(O)c(CN2CCN(c3ccc(F)cc3)CC2)c2c1C(=O)/C(=C/c1ccc(Cl)cc1Cl)O2. The molecule has 1 N–H and O–H groups in total. The molecule has 0 spiro atoms. The van der Waals surface area contributed by atoms with Gasteiger partial charge in [0.25, 0.3) is 0 Å². The summed E-state index contributed by atoms with van der Waals surface area (Å²) in [5, 5.41) is 11.7. The summed E-state index contributed by atoms with van der Waals surface area (Å²) in [6.45, 7) is 5.24. The standard InChI is InChI=1S/C27H23Cl2FN2O3/c1-16-12-23(33)21(15-31-8-10-32(11-9-31)20-6-4-19(30)5-7-20)27-25(16)26(34)24(35-27)13-17-2-3-18(28)14-22(17)29/h2-7,12-14,33H,8-11,15H2,1H3/b24-13-. The Labute approximate surface area is 212 Å². The Morgan fingerprint density at radius 3 is 2.46 bits per heavy atom. The summed E-state index contributed by atoms with van der Waals surface area (Å²) in [5.41, 5.74) is 3.29. The Bertz CT molecular complexity index is 1330. The van der Waals surface area contributed by atoms with Crippen LogP contribution in [0.3, 0.4) is 0 Å². The van der Waals surface area contributed by atoms with E-state index >= 15 is 0 Å². The maximum atomic E-state index is 13.2. The van der Waals surface area contributed by atoms with E-state index in [1.807, 2.05) is 0 Å². The van der Waals surface area contributed by atoms with Crippen LogP contribution in [0.5, 0.6) is 11.5 Å². The minimum Gasteiger partial charge on any atom is -0.507 e. The fraction of sp³-hybridized carbons (Fsp3) is 0.222. The van der Waals surface area contributed by atoms with Gasteiger partial charge in [-0.3, -0.25) is 9.69 Å². The van der Waals surface area contributed by atoms with Gasteiger partial charge >= 0.3 is 0 Å². The molecule has 35 heavy (non-hydrogen) atoms. The van der Waals surface area contributed by atoms with Crippen molar-refractivity contribution in [1.82, 2.24) is 4.90 Å². The molecule has 0 aromatic heterocycles. The van der Waals surface area contributed by atoms with Crippen LogP contribution in [0.4, 0.5) is 10.1 Å². The normalized spacial score (nSPS) is 17.1. The number of halogens is 3. The van der Waals surface area contributed by atoms with Gasteiger partial charge in [0, 0.05) is 48.5 Å². The zero-order valence-corrected chi connectivity index (χ0v) is 20.5. The first-order valence-corrected chi connectivity index (χ1v) is 12.0. The number of carbonyl (C=O) groups excluding carboxylic acids is 1. The number of nitrogens with zero attached hydrogens (tertiary/aromatic N) is 2. The number of aromatic hydroxyl groups is 1. The number of phenolic OH excluding ortho intramolecular Hbond substituents is 1. The van der Waals surface area contributed by atoms with E-state index in [0.29, 0.717) is 44.6 Å². The first kappa shape index (κ1) is 23.7. The van der Waals surface area contributed by atoms with Crippen molar-refractivity contribution in [2.75, 3.05) is 31.1 Å². The minimum atomic E-state index is -0.252. The molecule has 0 saturated carbocycles. The highest BCUT2D eigenvalue weighted by atomic mass is 35.5. The highest BCUT2D eigenvalue weighted by Crippen LogP contribution is 2.42. The molecule has 3 aromatic carbocycles. The second-order valence-corrected chi connectivity index (χ2v) is 9.58. The summed E-state index contributed by atoms with van der Waals surface area (Å²) in [7, 11) is 0. The molecule has 2 aliphatic heterocycles. The number of ether oxygens (including phenoxy) is 1. The van der Waals surface area contributed by atoms with E-state index in [1.165, 1.54) is 12.1 Å². The van der Waals surface area contributed by atoms with E-state index in [9.17, 15) is 14.3 Å². The Hall–Kier alpha value is -3.06. The number of rotatable bonds is 4. The number of fused-ring (bicyclic) bond motifs is 1. The number of aryl methyl sites for hydroxylation is 1. The number of benzene rings is 3. The maximum Gasteiger partial charge on any atom is 0.232 e. The fourth-order valence-electron chi connectivity index (χ4n) is 4.53. The molecule has 3 aromatic rings. The third kappa shape index (κ3) is 4.74. The van der Waals surface area contributed by atoms with E-state index in [1.54, 1.807) is 49.4 Å². The number of Topliss-reactive ketones (excluding diaryl/α,β-unsaturated/α-hetero) is 1. The van der Waals surface area contributed by atoms with Crippen LogP contribution in [0.15, 0.2) is 54.3 Å². The molecule has 0 aliphatic carbocycles. The molecule has 0 bridgehead atoms. The topological polar surface area (TPSA) is 53.0 Å². The first-order valence-electron chi connectivity index (χ1n) is 11.3. The van der Waals surface area contributed by atoms with Crippen molar-refractivity contribution in [1.29, 1.82) is 0 Å². The smallest absolute Gasteiger partial charge is 0.232 e. The first-order chi connectivity index (χ1) is 16.8. The Morgan fingerprint density at radius 1 is 1.06 bits per heavy atom. The number of hydrogen-bond acceptors (Lipinski definition) is 5. The number of piperazine rings is 1. The van der Waals surface area contributed by atoms with Crippen molar-refractivity contribution >= 4 is 40.7 Å². The van der Waals surface area contributed by atoms with Crippen molar-refractivity contribution in [2.45, 2.75) is 13.5 Å². The van der Waals surface area contributed by atoms with Crippen LogP contribution in [0.2, 0.25) is 10.0 Å². The zero-order chi connectivity index (χ0) is 24.7. The van der Waals surface area contributed by atoms with Crippen LogP contribution in [-0.4, -0.2) is 42.0 Å². The van der Waals surface area contributed by atoms with Crippen molar-refractivity contribution in [3.63, 3.8) is 0 Å². The second-order valence-electron chi connectivity index (χ2n) is 8.74. The lowest BCUT2D eigenvalue weighted by atomic mass is 9.99. The van der Waals surface area contributed by atoms with Gasteiger partial charge in [0.15, 0.2) is 5.76 Å². The average molecular weight is 513 g/mol. The summed E-state index contributed by atoms with van der Waals surface area (Å²) in [5.74, 6) is 0.147. The molecule has 0 unspecified atom stereocenters. The van der Waals surface area contributed by atoms with Crippen molar-refractivity contribution in [3.8, 4) is 11.5 Å². The lowest BCUT2D eigenvalue weighted by Gasteiger charge is -2.36. The van der Waals surface area contributed by atoms with Crippen molar-refractivity contribution in [3.05, 3.63) is 92.4 Å². The summed E-state index contributed by atoms with van der Waals surface area (Å²) >= 11 is 12.3. The largest absolute Gasteiger partial charge is 0.507 e. The summed E-state index contributed by atoms with van der Waals surface area (Å²) < 4.78 is 19.3. The summed E-state index contributed by atoms with van der Waals surface area (Å²) in [4.78, 5) is 17.6. The van der Waals surface area contributed by atoms with Crippen LogP contribution >= 0.6 is 23.2 Å². The van der Waals surface area contributed by atoms with Gasteiger partial charge in [0.05, 0.1) is 11.1 Å². The van der Waals surface area contributed by atoms with Crippen molar-refractivity contribution in [2.24, 2.45) is 0 Å². The van der Waals surface area contributed by atoms with Gasteiger partial charge in [-0.05, 0) is 66.6 Å². The molecule has 0 amide bonds. The number of allylic oxidation sites excluding steroid dienone is 1. The molecule has 1 fully saturated rings. The fourth-order valence-corrected chi connectivity index (χ4v) is 5.00. The van der Waals surface area contributed by atoms with Crippen LogP contribution in [0.25, 0.3) is 6.08 Å². The van der Waals surface area contributed by atoms with Gasteiger partial charge < -0.3 is 14.7 Å². The third-order valence-corrected chi connectivity index (χ3v) is 6.98. The molecule has 0 radical (unpaired) electrons. The Kier molecular flexibility index (Phi) is 6.45. The van der Waals surface area contributed by atoms with Gasteiger partial charge in [-0.2, -0.15) is 0 Å². The van der Waals surface area contributed by atoms with E-state index < -0.39 is 0 Å². The predicted molar refractivity (Wildman–Crippen MR) is 136 cm³/mol. The van der Waals surface area contributed by atoms with Gasteiger partial charge in [0.2, 0.25) is 5.78 Å². The molecule has 1 saturated heterocycles. The molecule has 180 valence electrons. The molecule has 5 nitrogen and oxygen atoms in total. The second kappa shape index (κ2) is 9.53. The lowest BCUT2D eigenvalue weighted by molar-refractivity contribution is 0.101. The number of ketones is 1. The highest BCUT2D eigenvalue weighted by Gasteiger charge is 2.34. The van der Waals surface area contributed by atoms with Gasteiger partial charge in [-0.1, -0.05) is 29.3 Å². The molecular weight excluding hydrogens is 490 g/mol. The number of carbonyl (C=O) groups is 1. The van der Waals surface area contributed by atoms with Crippen LogP contribution in [0.1, 0.15) is 27.0 Å². The molecule has 5 rings (SSSR count). The zero-order valence-electron chi connectivity index (χ0n) is 19.0. The lowest BCUT2D eigenvalue weighted by Crippen LogP contribution is -2.46. The maximum absolute atomic E-state index is 13.2. The minimum absolute atomic E-state index is 0.0980. The van der Waals surface area contributed by atoms with Gasteiger partial charge in [0.1, 0.15) is 17.3 Å². The van der Waals surface area contributed by atoms with E-state index in [0.717, 1.165) is 31.9 Å². The quantitative estimate of drug-likeness (QED) is 0.429. The monoisotopic (exact) mass is 512 g/mol. The molecule has 0 atom stereocenters. The van der Waals surface area contributed by atoms with E-state index in [4.69, 9.17) is 27.9 Å². The number of phenols is 1. The molecule has 2 heterocycles. The molecule has 8 heteroatoms. The molecule has 2 aliphatic rings. The number of anilines is 1. The average Bonchev–Trinajstić information content (AvgIpc) is 3.16.